The standard InChI is InChI=1S/C51H32N4O/c1-2-13-33(14-3-1)36-15-10-16-37(31-36)34-27-29-35(30-28-34)49-52-50(54-51(53-49)44-23-12-22-43-42-21-6-9-26-47(42)56-48(43)44)38-17-11-18-39(32-38)55-45-24-7-4-19-40(45)41-20-5-8-25-46(41)55/h1-32H/i4D,5D,6D,7D,8D,9D,11D,12D,17D,18D,19D,20D,21D,22D,23D,24D,25D,26D,32D. The highest BCUT2D eigenvalue weighted by Crippen LogP contribution is 2.37. The molecule has 0 fully saturated rings. The summed E-state index contributed by atoms with van der Waals surface area (Å²) in [5, 5.41) is -1.26. The smallest absolute Gasteiger partial charge is 0.167 e. The second kappa shape index (κ2) is 13.0. The van der Waals surface area contributed by atoms with E-state index in [1.54, 1.807) is 24.3 Å². The maximum atomic E-state index is 9.86. The van der Waals surface area contributed by atoms with Crippen molar-refractivity contribution >= 4 is 43.7 Å². The van der Waals surface area contributed by atoms with Crippen LogP contribution in [0.1, 0.15) is 26.0 Å². The lowest BCUT2D eigenvalue weighted by Gasteiger charge is -2.12. The molecular formula is C51H32N4O. The zero-order valence-electron chi connectivity index (χ0n) is 47.7. The topological polar surface area (TPSA) is 56.7 Å². The zero-order chi connectivity index (χ0) is 53.5. The van der Waals surface area contributed by atoms with Gasteiger partial charge in [-0.05, 0) is 64.6 Å². The van der Waals surface area contributed by atoms with Crippen LogP contribution in [-0.2, 0) is 0 Å². The summed E-state index contributed by atoms with van der Waals surface area (Å²) in [6, 6.07) is 10.7. The van der Waals surface area contributed by atoms with Crippen molar-refractivity contribution in [1.29, 1.82) is 0 Å². The van der Waals surface area contributed by atoms with Crippen LogP contribution in [0.3, 0.4) is 0 Å². The molecule has 0 saturated heterocycles. The predicted octanol–water partition coefficient (Wildman–Crippen LogP) is 13.2. The van der Waals surface area contributed by atoms with Crippen LogP contribution < -0.4 is 0 Å². The molecule has 5 nitrogen and oxygen atoms in total. The Labute approximate surface area is 349 Å². The SMILES string of the molecule is [2H]c1c([2H])c(-c2nc(-c3ccc(-c4cccc(-c5ccccc5)c4)cc3)nc(-c3c([2H])c([2H])c([2H])c4c3oc3c([2H])c([2H])c([2H])c([2H])c34)n2)c([2H])c(-n2c3c([2H])c([2H])c([2H])c([2H])c3c3c([2H])c([2H])c([2H])c([2H])c32)c1[2H]. The van der Waals surface area contributed by atoms with Gasteiger partial charge in [-0.2, -0.15) is 0 Å². The van der Waals surface area contributed by atoms with Gasteiger partial charge in [0, 0.05) is 38.4 Å². The Morgan fingerprint density at radius 2 is 1.00 bits per heavy atom. The molecular weight excluding hydrogens is 685 g/mol. The molecule has 5 heteroatoms. The summed E-state index contributed by atoms with van der Waals surface area (Å²) in [6.07, 6.45) is 0. The quantitative estimate of drug-likeness (QED) is 0.171. The van der Waals surface area contributed by atoms with Crippen LogP contribution in [-0.4, -0.2) is 19.5 Å². The Kier molecular flexibility index (Phi) is 4.22. The number of para-hydroxylation sites is 4. The van der Waals surface area contributed by atoms with Crippen molar-refractivity contribution in [2.24, 2.45) is 0 Å². The average Bonchev–Trinajstić information content (AvgIpc) is 4.10. The Morgan fingerprint density at radius 1 is 0.429 bits per heavy atom. The Bertz CT molecular complexity index is 4270. The number of hydrogen-bond donors (Lipinski definition) is 0. The fourth-order valence-corrected chi connectivity index (χ4v) is 6.74. The highest BCUT2D eigenvalue weighted by atomic mass is 16.3. The first-order valence-corrected chi connectivity index (χ1v) is 17.2. The molecule has 3 aromatic heterocycles. The van der Waals surface area contributed by atoms with Crippen LogP contribution in [0.15, 0.2) is 198 Å². The van der Waals surface area contributed by atoms with Gasteiger partial charge in [0.1, 0.15) is 11.2 Å². The van der Waals surface area contributed by atoms with E-state index >= 15 is 0 Å². The maximum absolute atomic E-state index is 9.86. The van der Waals surface area contributed by atoms with E-state index in [9.17, 15) is 6.85 Å². The van der Waals surface area contributed by atoms with Crippen molar-refractivity contribution in [2.45, 2.75) is 0 Å². The molecule has 0 saturated carbocycles. The van der Waals surface area contributed by atoms with Gasteiger partial charge in [-0.3, -0.25) is 0 Å². The minimum absolute atomic E-state index is 0.184. The summed E-state index contributed by atoms with van der Waals surface area (Å²) in [4.78, 5) is 14.1. The molecule has 8 aromatic carbocycles. The lowest BCUT2D eigenvalue weighted by Crippen LogP contribution is -2.01. The van der Waals surface area contributed by atoms with Crippen LogP contribution in [0.5, 0.6) is 0 Å². The Balaban J connectivity index is 1.23. The van der Waals surface area contributed by atoms with Gasteiger partial charge in [0.15, 0.2) is 17.5 Å². The first kappa shape index (κ1) is 18.1. The van der Waals surface area contributed by atoms with Gasteiger partial charge in [0.25, 0.3) is 0 Å². The highest BCUT2D eigenvalue weighted by molar-refractivity contribution is 6.10. The summed E-state index contributed by atoms with van der Waals surface area (Å²) in [6.45, 7) is 0. The van der Waals surface area contributed by atoms with Gasteiger partial charge >= 0.3 is 0 Å². The molecule has 0 unspecified atom stereocenters. The van der Waals surface area contributed by atoms with E-state index in [0.717, 1.165) is 26.8 Å². The second-order valence-electron chi connectivity index (χ2n) is 12.6. The fraction of sp³-hybridized carbons (Fsp3) is 0. The Hall–Kier alpha value is -7.63. The summed E-state index contributed by atoms with van der Waals surface area (Å²) in [5.74, 6) is -1.22. The molecule has 56 heavy (non-hydrogen) atoms. The first-order valence-electron chi connectivity index (χ1n) is 26.7. The van der Waals surface area contributed by atoms with Crippen LogP contribution >= 0.6 is 0 Å². The summed E-state index contributed by atoms with van der Waals surface area (Å²) in [7, 11) is 0. The number of aromatic nitrogens is 4. The van der Waals surface area contributed by atoms with Crippen molar-refractivity contribution in [1.82, 2.24) is 19.5 Å². The molecule has 0 bridgehead atoms. The summed E-state index contributed by atoms with van der Waals surface area (Å²) in [5.41, 5.74) is 0.532. The molecule has 11 aromatic rings. The normalized spacial score (nSPS) is 16.3. The lowest BCUT2D eigenvalue weighted by molar-refractivity contribution is 0.669. The van der Waals surface area contributed by atoms with Crippen LogP contribution in [0.4, 0.5) is 0 Å². The number of rotatable bonds is 6. The third-order valence-electron chi connectivity index (χ3n) is 9.33. The average molecular weight is 736 g/mol. The molecule has 3 heterocycles. The van der Waals surface area contributed by atoms with Gasteiger partial charge in [0.05, 0.1) is 42.6 Å². The third-order valence-corrected chi connectivity index (χ3v) is 9.33. The van der Waals surface area contributed by atoms with Crippen LogP contribution in [0.25, 0.3) is 106 Å². The van der Waals surface area contributed by atoms with Crippen molar-refractivity contribution in [3.05, 3.63) is 194 Å². The largest absolute Gasteiger partial charge is 0.455 e. The molecule has 0 amide bonds. The van der Waals surface area contributed by atoms with Gasteiger partial charge in [-0.25, -0.2) is 15.0 Å². The van der Waals surface area contributed by atoms with Gasteiger partial charge in [-0.15, -0.1) is 0 Å². The van der Waals surface area contributed by atoms with Crippen molar-refractivity contribution in [2.75, 3.05) is 0 Å². The van der Waals surface area contributed by atoms with E-state index in [1.165, 1.54) is 0 Å². The van der Waals surface area contributed by atoms with E-state index in [4.69, 9.17) is 33.6 Å². The lowest BCUT2D eigenvalue weighted by atomic mass is 9.98. The van der Waals surface area contributed by atoms with Crippen LogP contribution in [0, 0.1) is 0 Å². The van der Waals surface area contributed by atoms with E-state index < -0.39 is 160 Å². The van der Waals surface area contributed by atoms with Crippen LogP contribution in [0.2, 0.25) is 0 Å². The van der Waals surface area contributed by atoms with E-state index in [-0.39, 0.29) is 38.5 Å². The van der Waals surface area contributed by atoms with E-state index in [0.29, 0.717) is 0 Å². The molecule has 0 atom stereocenters. The number of fused-ring (bicyclic) bond motifs is 6. The molecule has 0 spiro atoms. The second-order valence-corrected chi connectivity index (χ2v) is 12.6. The van der Waals surface area contributed by atoms with Gasteiger partial charge in [-0.1, -0.05) is 151 Å². The maximum Gasteiger partial charge on any atom is 0.167 e. The number of nitrogens with zero attached hydrogens (tertiary/aromatic N) is 4. The molecule has 0 aliphatic rings. The molecule has 11 rings (SSSR count). The van der Waals surface area contributed by atoms with Crippen molar-refractivity contribution in [3.8, 4) is 62.1 Å². The fourth-order valence-electron chi connectivity index (χ4n) is 6.74. The molecule has 0 N–H and O–H groups in total. The minimum Gasteiger partial charge on any atom is -0.455 e. The predicted molar refractivity (Wildman–Crippen MR) is 229 cm³/mol. The molecule has 262 valence electrons. The first-order chi connectivity index (χ1) is 35.7. The monoisotopic (exact) mass is 735 g/mol. The van der Waals surface area contributed by atoms with Gasteiger partial charge < -0.3 is 8.98 Å². The minimum atomic E-state index is -0.866. The number of hydrogen-bond acceptors (Lipinski definition) is 4. The van der Waals surface area contributed by atoms with Crippen molar-refractivity contribution in [3.63, 3.8) is 0 Å². The van der Waals surface area contributed by atoms with Gasteiger partial charge in [0.2, 0.25) is 0 Å². The van der Waals surface area contributed by atoms with E-state index in [1.807, 2.05) is 54.6 Å². The number of furan rings is 1. The molecule has 0 radical (unpaired) electrons. The Morgan fingerprint density at radius 3 is 1.75 bits per heavy atom. The highest BCUT2D eigenvalue weighted by Gasteiger charge is 2.19. The number of benzene rings is 8. The molecule has 0 aliphatic heterocycles. The zero-order valence-corrected chi connectivity index (χ0v) is 28.7. The molecule has 0 aliphatic carbocycles. The summed E-state index contributed by atoms with van der Waals surface area (Å²) < 4.78 is 176. The van der Waals surface area contributed by atoms with E-state index in [2.05, 4.69) is 4.98 Å². The third kappa shape index (κ3) is 5.37. The summed E-state index contributed by atoms with van der Waals surface area (Å²) >= 11 is 0. The van der Waals surface area contributed by atoms with Crippen molar-refractivity contribution < 1.29 is 30.5 Å².